The number of aromatic nitrogens is 4. The van der Waals surface area contributed by atoms with Crippen LogP contribution in [0.1, 0.15) is 61.4 Å². The number of aryl methyl sites for hydroxylation is 2. The van der Waals surface area contributed by atoms with E-state index in [-0.39, 0.29) is 17.2 Å². The van der Waals surface area contributed by atoms with Crippen molar-refractivity contribution in [1.29, 1.82) is 0 Å². The number of halogens is 3. The van der Waals surface area contributed by atoms with Crippen LogP contribution in [0.3, 0.4) is 0 Å². The SMILES string of the molecule is O=S1CCc2nc(Cl)nc(NC3CCOCC3)c21.O=S1CCc2nc(N3CCC(c4ccc(F)cc4F)CC3)nc(NC3CCOCC3)c21. The number of hydrogen-bond donors (Lipinski definition) is 2. The third kappa shape index (κ3) is 8.06. The monoisotopic (exact) mass is 735 g/mol. The van der Waals surface area contributed by atoms with Gasteiger partial charge in [0.05, 0.1) is 33.0 Å². The van der Waals surface area contributed by atoms with Crippen LogP contribution < -0.4 is 15.5 Å². The Morgan fingerprint density at radius 2 is 1.31 bits per heavy atom. The van der Waals surface area contributed by atoms with E-state index < -0.39 is 33.2 Å². The van der Waals surface area contributed by atoms with Crippen molar-refractivity contribution >= 4 is 50.8 Å². The summed E-state index contributed by atoms with van der Waals surface area (Å²) in [5.74, 6) is 2.21. The van der Waals surface area contributed by atoms with E-state index in [9.17, 15) is 17.2 Å². The van der Waals surface area contributed by atoms with E-state index in [0.717, 1.165) is 79.0 Å². The van der Waals surface area contributed by atoms with Crippen LogP contribution in [0.25, 0.3) is 0 Å². The lowest BCUT2D eigenvalue weighted by Crippen LogP contribution is -2.35. The third-order valence-electron chi connectivity index (χ3n) is 9.64. The number of hydrogen-bond acceptors (Lipinski definition) is 11. The van der Waals surface area contributed by atoms with Gasteiger partial charge in [-0.25, -0.2) is 18.7 Å². The summed E-state index contributed by atoms with van der Waals surface area (Å²) in [5, 5.41) is 7.07. The van der Waals surface area contributed by atoms with Gasteiger partial charge in [0.2, 0.25) is 11.2 Å². The number of anilines is 3. The molecule has 2 N–H and O–H groups in total. The lowest BCUT2D eigenvalue weighted by Gasteiger charge is -2.33. The Hall–Kier alpha value is -2.85. The molecule has 7 heterocycles. The Bertz CT molecular complexity index is 1720. The first-order valence-corrected chi connectivity index (χ1v) is 20.0. The molecule has 1 aromatic carbocycles. The molecule has 3 fully saturated rings. The van der Waals surface area contributed by atoms with Crippen LogP contribution in [0, 0.1) is 11.6 Å². The summed E-state index contributed by atoms with van der Waals surface area (Å²) in [6.45, 7) is 4.33. The Labute approximate surface area is 294 Å². The van der Waals surface area contributed by atoms with Gasteiger partial charge in [0.15, 0.2) is 0 Å². The standard InChI is InChI=1S/C22H26F2N4O2S.C11H14ClN3O2S/c23-15-1-2-17(18(24)13-15)14-3-8-28(9-4-14)22-26-19-7-12-31(29)20(19)21(27-22)25-16-5-10-30-11-6-16;12-11-14-8-3-6-18(16)9(8)10(15-11)13-7-1-4-17-5-2-7/h1-2,13-14,16H,3-12H2,(H,25,26,27);7H,1-6H2,(H,13,14,15). The van der Waals surface area contributed by atoms with Gasteiger partial charge in [-0.3, -0.25) is 8.42 Å². The van der Waals surface area contributed by atoms with E-state index in [1.165, 1.54) is 6.07 Å². The van der Waals surface area contributed by atoms with Crippen LogP contribution in [-0.4, -0.2) is 91.5 Å². The largest absolute Gasteiger partial charge is 0.381 e. The summed E-state index contributed by atoms with van der Waals surface area (Å²) in [5.41, 5.74) is 2.26. The second kappa shape index (κ2) is 15.6. The molecule has 49 heavy (non-hydrogen) atoms. The average molecular weight is 736 g/mol. The summed E-state index contributed by atoms with van der Waals surface area (Å²) in [4.78, 5) is 21.5. The minimum Gasteiger partial charge on any atom is -0.381 e. The van der Waals surface area contributed by atoms with Crippen molar-refractivity contribution in [3.05, 3.63) is 52.1 Å². The molecule has 5 aliphatic heterocycles. The number of piperidine rings is 1. The maximum atomic E-state index is 14.2. The molecule has 8 rings (SSSR count). The van der Waals surface area contributed by atoms with Crippen LogP contribution in [0.5, 0.6) is 0 Å². The van der Waals surface area contributed by atoms with Gasteiger partial charge in [-0.15, -0.1) is 0 Å². The van der Waals surface area contributed by atoms with Crippen LogP contribution in [0.4, 0.5) is 26.4 Å². The Balaban J connectivity index is 0.000000178. The number of fused-ring (bicyclic) bond motifs is 2. The molecule has 0 amide bonds. The fourth-order valence-corrected chi connectivity index (χ4v) is 9.80. The molecule has 16 heteroatoms. The molecule has 3 aromatic rings. The zero-order chi connectivity index (χ0) is 33.9. The van der Waals surface area contributed by atoms with Crippen molar-refractivity contribution in [3.8, 4) is 0 Å². The highest BCUT2D eigenvalue weighted by Crippen LogP contribution is 2.35. The van der Waals surface area contributed by atoms with Gasteiger partial charge in [-0.05, 0) is 67.7 Å². The zero-order valence-corrected chi connectivity index (χ0v) is 29.5. The molecule has 11 nitrogen and oxygen atoms in total. The van der Waals surface area contributed by atoms with E-state index >= 15 is 0 Å². The van der Waals surface area contributed by atoms with Gasteiger partial charge < -0.3 is 25.0 Å². The number of benzene rings is 1. The van der Waals surface area contributed by atoms with Crippen LogP contribution in [-0.2, 0) is 43.9 Å². The first kappa shape index (κ1) is 34.6. The minimum atomic E-state index is -1.07. The Kier molecular flexibility index (Phi) is 11.0. The van der Waals surface area contributed by atoms with Crippen molar-refractivity contribution in [1.82, 2.24) is 19.9 Å². The van der Waals surface area contributed by atoms with Crippen molar-refractivity contribution in [2.75, 3.05) is 66.6 Å². The van der Waals surface area contributed by atoms with E-state index in [0.29, 0.717) is 79.8 Å². The van der Waals surface area contributed by atoms with Gasteiger partial charge in [-0.2, -0.15) is 9.97 Å². The maximum absolute atomic E-state index is 14.2. The fraction of sp³-hybridized carbons (Fsp3) is 0.576. The normalized spacial score (nSPS) is 23.0. The molecule has 0 saturated carbocycles. The second-order valence-corrected chi connectivity index (χ2v) is 16.2. The molecule has 0 radical (unpaired) electrons. The molecule has 0 spiro atoms. The summed E-state index contributed by atoms with van der Waals surface area (Å²) in [6.07, 6.45) is 6.57. The van der Waals surface area contributed by atoms with Gasteiger partial charge >= 0.3 is 0 Å². The number of ether oxygens (including phenoxy) is 2. The molecule has 2 atom stereocenters. The lowest BCUT2D eigenvalue weighted by molar-refractivity contribution is 0.0902. The van der Waals surface area contributed by atoms with Gasteiger partial charge in [0.1, 0.15) is 33.1 Å². The van der Waals surface area contributed by atoms with Crippen LogP contribution >= 0.6 is 11.6 Å². The van der Waals surface area contributed by atoms with Crippen molar-refractivity contribution in [2.24, 2.45) is 0 Å². The topological polar surface area (TPSA) is 131 Å². The lowest BCUT2D eigenvalue weighted by atomic mass is 9.89. The van der Waals surface area contributed by atoms with Gasteiger partial charge in [-0.1, -0.05) is 6.07 Å². The first-order chi connectivity index (χ1) is 23.8. The molecular formula is C33H40ClF2N7O4S2. The second-order valence-electron chi connectivity index (χ2n) is 12.9. The van der Waals surface area contributed by atoms with E-state index in [1.54, 1.807) is 6.07 Å². The summed E-state index contributed by atoms with van der Waals surface area (Å²) >= 11 is 5.91. The predicted molar refractivity (Wildman–Crippen MR) is 185 cm³/mol. The zero-order valence-electron chi connectivity index (χ0n) is 27.1. The average Bonchev–Trinajstić information content (AvgIpc) is 3.67. The number of nitrogens with one attached hydrogen (secondary N) is 2. The molecule has 0 bridgehead atoms. The van der Waals surface area contributed by atoms with Crippen LogP contribution in [0.2, 0.25) is 5.28 Å². The number of nitrogens with zero attached hydrogens (tertiary/aromatic N) is 5. The van der Waals surface area contributed by atoms with Crippen molar-refractivity contribution in [3.63, 3.8) is 0 Å². The smallest absolute Gasteiger partial charge is 0.227 e. The van der Waals surface area contributed by atoms with Gasteiger partial charge in [0.25, 0.3) is 0 Å². The minimum absolute atomic E-state index is 0.0543. The Morgan fingerprint density at radius 3 is 1.88 bits per heavy atom. The van der Waals surface area contributed by atoms with Crippen molar-refractivity contribution in [2.45, 2.75) is 79.2 Å². The molecule has 0 aliphatic carbocycles. The highest BCUT2D eigenvalue weighted by Gasteiger charge is 2.31. The summed E-state index contributed by atoms with van der Waals surface area (Å²) in [6, 6.07) is 4.40. The maximum Gasteiger partial charge on any atom is 0.227 e. The summed E-state index contributed by atoms with van der Waals surface area (Å²) in [7, 11) is -2.07. The van der Waals surface area contributed by atoms with E-state index in [4.69, 9.17) is 31.0 Å². The highest BCUT2D eigenvalue weighted by molar-refractivity contribution is 7.85. The molecule has 264 valence electrons. The molecule has 2 unspecified atom stereocenters. The van der Waals surface area contributed by atoms with E-state index in [2.05, 4.69) is 25.5 Å². The third-order valence-corrected chi connectivity index (χ3v) is 12.7. The molecule has 3 saturated heterocycles. The number of rotatable bonds is 6. The molecule has 2 aromatic heterocycles. The van der Waals surface area contributed by atoms with Crippen molar-refractivity contribution < 1.29 is 26.7 Å². The summed E-state index contributed by atoms with van der Waals surface area (Å²) < 4.78 is 62.7. The van der Waals surface area contributed by atoms with Gasteiger partial charge in [0, 0.05) is 82.0 Å². The highest BCUT2D eigenvalue weighted by atomic mass is 35.5. The quantitative estimate of drug-likeness (QED) is 0.340. The van der Waals surface area contributed by atoms with Crippen LogP contribution in [0.15, 0.2) is 28.0 Å². The van der Waals surface area contributed by atoms with E-state index in [1.807, 2.05) is 0 Å². The predicted octanol–water partition coefficient (Wildman–Crippen LogP) is 4.78. The first-order valence-electron chi connectivity index (χ1n) is 16.9. The fourth-order valence-electron chi connectivity index (χ4n) is 6.98. The molecular weight excluding hydrogens is 696 g/mol. The Morgan fingerprint density at radius 1 is 0.755 bits per heavy atom. The molecule has 5 aliphatic rings.